The molecular weight excluding hydrogens is 382 g/mol. The van der Waals surface area contributed by atoms with Crippen molar-refractivity contribution in [1.82, 2.24) is 5.32 Å². The number of fused-ring (bicyclic) bond motifs is 4. The van der Waals surface area contributed by atoms with E-state index >= 15 is 0 Å². The van der Waals surface area contributed by atoms with Gasteiger partial charge in [-0.05, 0) is 38.5 Å². The average Bonchev–Trinajstić information content (AvgIpc) is 3.26. The molecule has 3 aliphatic rings. The minimum absolute atomic E-state index is 0.0266. The Labute approximate surface area is 175 Å². The Balaban J connectivity index is 1.21. The van der Waals surface area contributed by atoms with Crippen LogP contribution in [0.25, 0.3) is 0 Å². The molecule has 7 nitrogen and oxygen atoms in total. The van der Waals surface area contributed by atoms with Crippen LogP contribution in [0, 0.1) is 0 Å². The summed E-state index contributed by atoms with van der Waals surface area (Å²) in [6.07, 6.45) is 1.39. The second kappa shape index (κ2) is 6.93. The molecule has 0 unspecified atom stereocenters. The smallest absolute Gasteiger partial charge is 0.258 e. The molecular formula is C23H25N3O4. The highest BCUT2D eigenvalue weighted by Gasteiger charge is 2.41. The van der Waals surface area contributed by atoms with E-state index in [9.17, 15) is 9.59 Å². The Hall–Kier alpha value is -3.22. The van der Waals surface area contributed by atoms with Crippen LogP contribution in [0.4, 0.5) is 11.4 Å². The number of para-hydroxylation sites is 3. The number of nitrogens with one attached hydrogen (secondary N) is 2. The number of hydrogen-bond donors (Lipinski definition) is 2. The first-order chi connectivity index (χ1) is 14.4. The summed E-state index contributed by atoms with van der Waals surface area (Å²) in [5.74, 6) is 1.08. The minimum atomic E-state index is -0.268. The van der Waals surface area contributed by atoms with E-state index in [1.54, 1.807) is 0 Å². The Morgan fingerprint density at radius 2 is 2.10 bits per heavy atom. The average molecular weight is 407 g/mol. The molecule has 0 aromatic heterocycles. The van der Waals surface area contributed by atoms with Crippen molar-refractivity contribution >= 4 is 23.2 Å². The third-order valence-corrected chi connectivity index (χ3v) is 5.85. The fourth-order valence-electron chi connectivity index (χ4n) is 4.61. The van der Waals surface area contributed by atoms with E-state index < -0.39 is 0 Å². The van der Waals surface area contributed by atoms with Crippen molar-refractivity contribution in [1.29, 1.82) is 0 Å². The lowest BCUT2D eigenvalue weighted by Crippen LogP contribution is -2.44. The SMILES string of the molecule is CC1(C)Cc2cccc(OCC(=O)N[C@@H]3C[C@@H]4C(=O)Nc5ccccc5N4C3)c2O1. The molecule has 2 aromatic carbocycles. The number of anilines is 2. The van der Waals surface area contributed by atoms with Gasteiger partial charge in [-0.25, -0.2) is 0 Å². The van der Waals surface area contributed by atoms with Crippen molar-refractivity contribution in [2.24, 2.45) is 0 Å². The van der Waals surface area contributed by atoms with Gasteiger partial charge in [0.1, 0.15) is 11.6 Å². The van der Waals surface area contributed by atoms with Gasteiger partial charge in [0.2, 0.25) is 5.91 Å². The predicted molar refractivity (Wildman–Crippen MR) is 113 cm³/mol. The molecule has 1 fully saturated rings. The standard InChI is InChI=1S/C23H25N3O4/c1-23(2)11-14-6-5-9-19(21(14)30-23)29-13-20(27)24-15-10-18-22(28)25-16-7-3-4-8-17(16)26(18)12-15/h3-9,15,18H,10-13H2,1-2H3,(H,24,27)(H,25,28)/t15-,18-/m1/s1. The van der Waals surface area contributed by atoms with Gasteiger partial charge in [0.05, 0.1) is 11.4 Å². The van der Waals surface area contributed by atoms with Gasteiger partial charge in [-0.3, -0.25) is 9.59 Å². The lowest BCUT2D eigenvalue weighted by atomic mass is 10.0. The maximum Gasteiger partial charge on any atom is 0.258 e. The van der Waals surface area contributed by atoms with E-state index in [0.29, 0.717) is 18.7 Å². The Bertz CT molecular complexity index is 1020. The van der Waals surface area contributed by atoms with Crippen molar-refractivity contribution in [3.05, 3.63) is 48.0 Å². The van der Waals surface area contributed by atoms with Crippen molar-refractivity contribution in [2.45, 2.75) is 44.4 Å². The third-order valence-electron chi connectivity index (χ3n) is 5.85. The lowest BCUT2D eigenvalue weighted by molar-refractivity contribution is -0.124. The van der Waals surface area contributed by atoms with Crippen LogP contribution < -0.4 is 25.0 Å². The van der Waals surface area contributed by atoms with E-state index in [1.165, 1.54) is 0 Å². The van der Waals surface area contributed by atoms with Gasteiger partial charge in [0.15, 0.2) is 18.1 Å². The molecule has 2 N–H and O–H groups in total. The van der Waals surface area contributed by atoms with Crippen LogP contribution in [0.3, 0.4) is 0 Å². The van der Waals surface area contributed by atoms with Crippen molar-refractivity contribution in [3.8, 4) is 11.5 Å². The minimum Gasteiger partial charge on any atom is -0.483 e. The lowest BCUT2D eigenvalue weighted by Gasteiger charge is -2.32. The van der Waals surface area contributed by atoms with Gasteiger partial charge in [-0.1, -0.05) is 24.3 Å². The maximum absolute atomic E-state index is 12.5. The van der Waals surface area contributed by atoms with Crippen LogP contribution >= 0.6 is 0 Å². The summed E-state index contributed by atoms with van der Waals surface area (Å²) in [5, 5.41) is 5.96. The normalized spacial score (nSPS) is 23.0. The number of rotatable bonds is 4. The van der Waals surface area contributed by atoms with Crippen molar-refractivity contribution in [2.75, 3.05) is 23.4 Å². The zero-order chi connectivity index (χ0) is 20.9. The summed E-state index contributed by atoms with van der Waals surface area (Å²) >= 11 is 0. The van der Waals surface area contributed by atoms with Crippen LogP contribution in [0.5, 0.6) is 11.5 Å². The number of nitrogens with zero attached hydrogens (tertiary/aromatic N) is 1. The maximum atomic E-state index is 12.5. The molecule has 30 heavy (non-hydrogen) atoms. The van der Waals surface area contributed by atoms with Crippen LogP contribution in [0.15, 0.2) is 42.5 Å². The van der Waals surface area contributed by atoms with E-state index in [0.717, 1.165) is 29.1 Å². The molecule has 5 rings (SSSR count). The first-order valence-electron chi connectivity index (χ1n) is 10.3. The first-order valence-corrected chi connectivity index (χ1v) is 10.3. The molecule has 156 valence electrons. The quantitative estimate of drug-likeness (QED) is 0.814. The summed E-state index contributed by atoms with van der Waals surface area (Å²) in [7, 11) is 0. The molecule has 0 aliphatic carbocycles. The van der Waals surface area contributed by atoms with Crippen LogP contribution in [0.2, 0.25) is 0 Å². The predicted octanol–water partition coefficient (Wildman–Crippen LogP) is 2.49. The Morgan fingerprint density at radius 3 is 2.97 bits per heavy atom. The summed E-state index contributed by atoms with van der Waals surface area (Å²) < 4.78 is 11.8. The monoisotopic (exact) mass is 407 g/mol. The summed E-state index contributed by atoms with van der Waals surface area (Å²) in [6.45, 7) is 4.57. The zero-order valence-corrected chi connectivity index (χ0v) is 17.1. The third kappa shape index (κ3) is 3.34. The molecule has 3 heterocycles. The van der Waals surface area contributed by atoms with Gasteiger partial charge in [0.25, 0.3) is 5.91 Å². The number of carbonyl (C=O) groups is 2. The van der Waals surface area contributed by atoms with Crippen LogP contribution in [-0.2, 0) is 16.0 Å². The molecule has 0 bridgehead atoms. The largest absolute Gasteiger partial charge is 0.483 e. The summed E-state index contributed by atoms with van der Waals surface area (Å²) in [6, 6.07) is 13.1. The van der Waals surface area contributed by atoms with Gasteiger partial charge < -0.3 is 25.0 Å². The number of amides is 2. The molecule has 0 spiro atoms. The Kier molecular flexibility index (Phi) is 4.34. The number of carbonyl (C=O) groups excluding carboxylic acids is 2. The molecule has 0 saturated carbocycles. The molecule has 2 aromatic rings. The van der Waals surface area contributed by atoms with E-state index in [4.69, 9.17) is 9.47 Å². The second-order valence-corrected chi connectivity index (χ2v) is 8.75. The highest BCUT2D eigenvalue weighted by atomic mass is 16.5. The summed E-state index contributed by atoms with van der Waals surface area (Å²) in [5.41, 5.74) is 2.63. The molecule has 2 amide bonds. The molecule has 3 aliphatic heterocycles. The Morgan fingerprint density at radius 1 is 1.27 bits per heavy atom. The van der Waals surface area contributed by atoms with Crippen molar-refractivity contribution in [3.63, 3.8) is 0 Å². The summed E-state index contributed by atoms with van der Waals surface area (Å²) in [4.78, 5) is 27.0. The van der Waals surface area contributed by atoms with Gasteiger partial charge in [-0.15, -0.1) is 0 Å². The topological polar surface area (TPSA) is 79.9 Å². The highest BCUT2D eigenvalue weighted by molar-refractivity contribution is 6.04. The molecule has 1 saturated heterocycles. The van der Waals surface area contributed by atoms with Gasteiger partial charge >= 0.3 is 0 Å². The molecule has 7 heteroatoms. The first kappa shape index (κ1) is 18.8. The molecule has 0 radical (unpaired) electrons. The van der Waals surface area contributed by atoms with Crippen LogP contribution in [-0.4, -0.2) is 42.7 Å². The van der Waals surface area contributed by atoms with E-state index in [1.807, 2.05) is 56.3 Å². The number of hydrogen-bond acceptors (Lipinski definition) is 5. The second-order valence-electron chi connectivity index (χ2n) is 8.75. The number of ether oxygens (including phenoxy) is 2. The van der Waals surface area contributed by atoms with E-state index in [-0.39, 0.29) is 36.1 Å². The fourth-order valence-corrected chi connectivity index (χ4v) is 4.61. The van der Waals surface area contributed by atoms with Crippen molar-refractivity contribution < 1.29 is 19.1 Å². The van der Waals surface area contributed by atoms with Gasteiger partial charge in [-0.2, -0.15) is 0 Å². The van der Waals surface area contributed by atoms with E-state index in [2.05, 4.69) is 15.5 Å². The fraction of sp³-hybridized carbons (Fsp3) is 0.391. The number of benzene rings is 2. The van der Waals surface area contributed by atoms with Gasteiger partial charge in [0, 0.05) is 24.6 Å². The van der Waals surface area contributed by atoms with Crippen LogP contribution in [0.1, 0.15) is 25.8 Å². The zero-order valence-electron chi connectivity index (χ0n) is 17.1. The molecule has 2 atom stereocenters. The highest BCUT2D eigenvalue weighted by Crippen LogP contribution is 2.41.